The third-order valence-electron chi connectivity index (χ3n) is 2.79. The van der Waals surface area contributed by atoms with Gasteiger partial charge < -0.3 is 4.74 Å². The normalized spacial score (nSPS) is 10.7. The van der Waals surface area contributed by atoms with E-state index in [-0.39, 0.29) is 0 Å². The summed E-state index contributed by atoms with van der Waals surface area (Å²) in [5, 5.41) is 4.23. The van der Waals surface area contributed by atoms with Gasteiger partial charge in [0.15, 0.2) is 0 Å². The lowest BCUT2D eigenvalue weighted by Crippen LogP contribution is -1.96. The van der Waals surface area contributed by atoms with E-state index < -0.39 is 0 Å². The molecule has 0 aliphatic carbocycles. The molecule has 0 spiro atoms. The van der Waals surface area contributed by atoms with E-state index in [2.05, 4.69) is 36.5 Å². The highest BCUT2D eigenvalue weighted by molar-refractivity contribution is 5.80. The van der Waals surface area contributed by atoms with Crippen molar-refractivity contribution in [2.24, 2.45) is 5.10 Å². The minimum atomic E-state index is 0.738. The highest BCUT2D eigenvalue weighted by Gasteiger charge is 1.94. The second-order valence-corrected chi connectivity index (χ2v) is 4.66. The molecule has 3 nitrogen and oxygen atoms in total. The molecular weight excluding hydrogens is 248 g/mol. The van der Waals surface area contributed by atoms with Crippen molar-refractivity contribution in [3.8, 4) is 5.75 Å². The van der Waals surface area contributed by atoms with Crippen LogP contribution < -0.4 is 10.2 Å². The number of hydrazone groups is 1. The van der Waals surface area contributed by atoms with Gasteiger partial charge in [0, 0.05) is 0 Å². The first-order valence-corrected chi connectivity index (χ1v) is 6.86. The average molecular weight is 268 g/mol. The number of nitrogens with zero attached hydrogens (tertiary/aromatic N) is 1. The van der Waals surface area contributed by atoms with Crippen LogP contribution in [0, 0.1) is 6.92 Å². The van der Waals surface area contributed by atoms with Gasteiger partial charge in [-0.1, -0.05) is 36.8 Å². The number of hydrogen-bond donors (Lipinski definition) is 1. The summed E-state index contributed by atoms with van der Waals surface area (Å²) in [6.45, 7) is 4.90. The second-order valence-electron chi connectivity index (χ2n) is 4.66. The Bertz CT molecular complexity index is 561. The lowest BCUT2D eigenvalue weighted by Gasteiger charge is -2.04. The molecule has 1 N–H and O–H groups in total. The maximum atomic E-state index is 5.59. The highest BCUT2D eigenvalue weighted by Crippen LogP contribution is 2.13. The Labute approximate surface area is 120 Å². The number of hydrogen-bond acceptors (Lipinski definition) is 3. The number of nitrogens with one attached hydrogen (secondary N) is 1. The predicted molar refractivity (Wildman–Crippen MR) is 84.6 cm³/mol. The summed E-state index contributed by atoms with van der Waals surface area (Å²) in [4.78, 5) is 0. The van der Waals surface area contributed by atoms with Crippen LogP contribution in [0.4, 0.5) is 5.69 Å². The molecule has 0 unspecified atom stereocenters. The van der Waals surface area contributed by atoms with Crippen LogP contribution in [0.3, 0.4) is 0 Å². The maximum absolute atomic E-state index is 5.59. The van der Waals surface area contributed by atoms with Gasteiger partial charge in [0.25, 0.3) is 0 Å². The van der Waals surface area contributed by atoms with Crippen LogP contribution in [0.2, 0.25) is 0 Å². The van der Waals surface area contributed by atoms with Crippen LogP contribution >= 0.6 is 0 Å². The van der Waals surface area contributed by atoms with E-state index in [1.54, 1.807) is 6.21 Å². The van der Waals surface area contributed by atoms with E-state index >= 15 is 0 Å². The van der Waals surface area contributed by atoms with E-state index in [0.717, 1.165) is 30.0 Å². The Morgan fingerprint density at radius 1 is 1.15 bits per heavy atom. The number of rotatable bonds is 6. The standard InChI is InChI=1S/C17H20N2O/c1-3-11-20-17-6-4-5-15(12-17)13-18-19-16-9-7-14(2)8-10-16/h4-10,12-13,19H,3,11H2,1-2H3/b18-13+. The first-order valence-electron chi connectivity index (χ1n) is 6.86. The third kappa shape index (κ3) is 4.43. The topological polar surface area (TPSA) is 33.6 Å². The zero-order chi connectivity index (χ0) is 14.2. The zero-order valence-corrected chi connectivity index (χ0v) is 12.0. The molecule has 0 radical (unpaired) electrons. The third-order valence-corrected chi connectivity index (χ3v) is 2.79. The van der Waals surface area contributed by atoms with Crippen molar-refractivity contribution in [2.45, 2.75) is 20.3 Å². The molecule has 0 aromatic heterocycles. The Balaban J connectivity index is 1.95. The molecule has 0 aliphatic heterocycles. The van der Waals surface area contributed by atoms with Gasteiger partial charge in [-0.05, 0) is 43.2 Å². The van der Waals surface area contributed by atoms with Crippen molar-refractivity contribution >= 4 is 11.9 Å². The Morgan fingerprint density at radius 3 is 2.70 bits per heavy atom. The smallest absolute Gasteiger partial charge is 0.119 e. The lowest BCUT2D eigenvalue weighted by atomic mass is 10.2. The SMILES string of the molecule is CCCOc1cccc(/C=N/Nc2ccc(C)cc2)c1. The van der Waals surface area contributed by atoms with Gasteiger partial charge in [0.1, 0.15) is 5.75 Å². The quantitative estimate of drug-likeness (QED) is 0.628. The van der Waals surface area contributed by atoms with Crippen molar-refractivity contribution < 1.29 is 4.74 Å². The van der Waals surface area contributed by atoms with Crippen LogP contribution in [0.1, 0.15) is 24.5 Å². The van der Waals surface area contributed by atoms with Crippen molar-refractivity contribution in [1.82, 2.24) is 0 Å². The molecule has 0 atom stereocenters. The first kappa shape index (κ1) is 14.1. The highest BCUT2D eigenvalue weighted by atomic mass is 16.5. The molecule has 0 heterocycles. The van der Waals surface area contributed by atoms with Gasteiger partial charge in [-0.15, -0.1) is 0 Å². The summed E-state index contributed by atoms with van der Waals surface area (Å²) in [5.41, 5.74) is 6.24. The summed E-state index contributed by atoms with van der Waals surface area (Å²) in [5.74, 6) is 0.881. The summed E-state index contributed by atoms with van der Waals surface area (Å²) < 4.78 is 5.59. The number of benzene rings is 2. The van der Waals surface area contributed by atoms with Gasteiger partial charge in [0.05, 0.1) is 18.5 Å². The molecule has 20 heavy (non-hydrogen) atoms. The Kier molecular flexibility index (Phi) is 5.18. The number of ether oxygens (including phenoxy) is 1. The molecule has 0 saturated heterocycles. The Hall–Kier alpha value is -2.29. The summed E-state index contributed by atoms with van der Waals surface area (Å²) in [7, 11) is 0. The Morgan fingerprint density at radius 2 is 1.95 bits per heavy atom. The molecule has 0 amide bonds. The fourth-order valence-electron chi connectivity index (χ4n) is 1.71. The minimum absolute atomic E-state index is 0.738. The van der Waals surface area contributed by atoms with Gasteiger partial charge in [-0.2, -0.15) is 5.10 Å². The molecule has 3 heteroatoms. The van der Waals surface area contributed by atoms with Crippen molar-refractivity contribution in [3.63, 3.8) is 0 Å². The van der Waals surface area contributed by atoms with Crippen LogP contribution in [0.15, 0.2) is 53.6 Å². The van der Waals surface area contributed by atoms with E-state index in [4.69, 9.17) is 4.74 Å². The van der Waals surface area contributed by atoms with Crippen molar-refractivity contribution in [2.75, 3.05) is 12.0 Å². The van der Waals surface area contributed by atoms with E-state index in [1.807, 2.05) is 36.4 Å². The molecule has 2 aromatic rings. The fraction of sp³-hybridized carbons (Fsp3) is 0.235. The van der Waals surface area contributed by atoms with Crippen molar-refractivity contribution in [1.29, 1.82) is 0 Å². The molecule has 0 fully saturated rings. The van der Waals surface area contributed by atoms with Gasteiger partial charge >= 0.3 is 0 Å². The van der Waals surface area contributed by atoms with E-state index in [0.29, 0.717) is 0 Å². The largest absolute Gasteiger partial charge is 0.494 e. The fourth-order valence-corrected chi connectivity index (χ4v) is 1.71. The van der Waals surface area contributed by atoms with Crippen LogP contribution in [-0.4, -0.2) is 12.8 Å². The average Bonchev–Trinajstić information content (AvgIpc) is 2.48. The molecule has 2 rings (SSSR count). The predicted octanol–water partition coefficient (Wildman–Crippen LogP) is 4.23. The van der Waals surface area contributed by atoms with Crippen molar-refractivity contribution in [3.05, 3.63) is 59.7 Å². The zero-order valence-electron chi connectivity index (χ0n) is 12.0. The first-order chi connectivity index (χ1) is 9.78. The van der Waals surface area contributed by atoms with Gasteiger partial charge in [0.2, 0.25) is 0 Å². The van der Waals surface area contributed by atoms with Crippen LogP contribution in [-0.2, 0) is 0 Å². The molecular formula is C17H20N2O. The number of aryl methyl sites for hydroxylation is 1. The van der Waals surface area contributed by atoms with Crippen LogP contribution in [0.5, 0.6) is 5.75 Å². The van der Waals surface area contributed by atoms with Gasteiger partial charge in [-0.25, -0.2) is 0 Å². The van der Waals surface area contributed by atoms with E-state index in [9.17, 15) is 0 Å². The summed E-state index contributed by atoms with van der Waals surface area (Å²) in [6, 6.07) is 16.0. The molecule has 2 aromatic carbocycles. The van der Waals surface area contributed by atoms with Crippen LogP contribution in [0.25, 0.3) is 0 Å². The second kappa shape index (κ2) is 7.34. The van der Waals surface area contributed by atoms with E-state index in [1.165, 1.54) is 5.56 Å². The maximum Gasteiger partial charge on any atom is 0.119 e. The molecule has 0 saturated carbocycles. The molecule has 0 bridgehead atoms. The van der Waals surface area contributed by atoms with Gasteiger partial charge in [-0.3, -0.25) is 5.43 Å². The number of anilines is 1. The summed E-state index contributed by atoms with van der Waals surface area (Å²) >= 11 is 0. The summed E-state index contributed by atoms with van der Waals surface area (Å²) in [6.07, 6.45) is 2.80. The molecule has 0 aliphatic rings. The monoisotopic (exact) mass is 268 g/mol. The molecule has 104 valence electrons. The lowest BCUT2D eigenvalue weighted by molar-refractivity contribution is 0.317. The minimum Gasteiger partial charge on any atom is -0.494 e.